The van der Waals surface area contributed by atoms with Crippen LogP contribution in [0.4, 0.5) is 0 Å². The van der Waals surface area contributed by atoms with E-state index in [-0.39, 0.29) is 22.6 Å². The van der Waals surface area contributed by atoms with Gasteiger partial charge in [0.1, 0.15) is 4.90 Å². The third-order valence-corrected chi connectivity index (χ3v) is 6.48. The summed E-state index contributed by atoms with van der Waals surface area (Å²) in [7, 11) is -3.62. The quantitative estimate of drug-likeness (QED) is 0.896. The van der Waals surface area contributed by atoms with Crippen molar-refractivity contribution in [3.8, 4) is 0 Å². The Hall–Kier alpha value is -0.620. The Bertz CT molecular complexity index is 617. The van der Waals surface area contributed by atoms with Gasteiger partial charge in [0, 0.05) is 6.04 Å². The van der Waals surface area contributed by atoms with Crippen molar-refractivity contribution in [1.82, 2.24) is 4.72 Å². The van der Waals surface area contributed by atoms with Gasteiger partial charge in [-0.15, -0.1) is 0 Å². The standard InChI is InChI=1S/C14H18ClNO3S/c15-12-4-2-10(8-17)7-14(12)20(18,19)16-13-6-9-1-3-11(13)5-9/h2,4,7,9,11,13,16-17H,1,3,5-6,8H2. The highest BCUT2D eigenvalue weighted by Gasteiger charge is 2.41. The molecule has 4 nitrogen and oxygen atoms in total. The van der Waals surface area contributed by atoms with Gasteiger partial charge in [0.15, 0.2) is 0 Å². The third-order valence-electron chi connectivity index (χ3n) is 4.51. The molecular weight excluding hydrogens is 298 g/mol. The second kappa shape index (κ2) is 5.30. The van der Waals surface area contributed by atoms with Crippen molar-refractivity contribution < 1.29 is 13.5 Å². The number of halogens is 1. The SMILES string of the molecule is O=S(=O)(NC1CC2CCC1C2)c1cc(CO)ccc1Cl. The number of nitrogens with one attached hydrogen (secondary N) is 1. The highest BCUT2D eigenvalue weighted by molar-refractivity contribution is 7.89. The molecule has 0 heterocycles. The number of hydrogen-bond acceptors (Lipinski definition) is 3. The summed E-state index contributed by atoms with van der Waals surface area (Å²) in [4.78, 5) is 0.0634. The van der Waals surface area contributed by atoms with Crippen LogP contribution < -0.4 is 4.72 Å². The monoisotopic (exact) mass is 315 g/mol. The minimum absolute atomic E-state index is 0.0348. The minimum Gasteiger partial charge on any atom is -0.392 e. The third kappa shape index (κ3) is 2.60. The van der Waals surface area contributed by atoms with Crippen LogP contribution in [0, 0.1) is 11.8 Å². The summed E-state index contributed by atoms with van der Waals surface area (Å²) in [6.07, 6.45) is 4.41. The first-order valence-corrected chi connectivity index (χ1v) is 8.77. The van der Waals surface area contributed by atoms with E-state index in [4.69, 9.17) is 16.7 Å². The normalized spacial score (nSPS) is 29.0. The molecule has 110 valence electrons. The summed E-state index contributed by atoms with van der Waals surface area (Å²) >= 11 is 6.00. The molecule has 3 rings (SSSR count). The van der Waals surface area contributed by atoms with E-state index in [1.54, 1.807) is 6.07 Å². The molecule has 0 aromatic heterocycles. The number of benzene rings is 1. The molecule has 0 aliphatic heterocycles. The average Bonchev–Trinajstić information content (AvgIpc) is 3.01. The molecule has 2 saturated carbocycles. The van der Waals surface area contributed by atoms with E-state index in [0.29, 0.717) is 17.4 Å². The van der Waals surface area contributed by atoms with Gasteiger partial charge in [-0.3, -0.25) is 0 Å². The second-order valence-electron chi connectivity index (χ2n) is 5.83. The van der Waals surface area contributed by atoms with Crippen molar-refractivity contribution in [3.05, 3.63) is 28.8 Å². The van der Waals surface area contributed by atoms with Crippen molar-refractivity contribution in [2.75, 3.05) is 0 Å². The zero-order valence-electron chi connectivity index (χ0n) is 11.0. The fourth-order valence-corrected chi connectivity index (χ4v) is 5.37. The maximum Gasteiger partial charge on any atom is 0.242 e. The topological polar surface area (TPSA) is 66.4 Å². The van der Waals surface area contributed by atoms with Crippen LogP contribution in [0.15, 0.2) is 23.1 Å². The molecule has 6 heteroatoms. The number of aliphatic hydroxyl groups excluding tert-OH is 1. The zero-order chi connectivity index (χ0) is 14.3. The van der Waals surface area contributed by atoms with Crippen LogP contribution >= 0.6 is 11.6 Å². The van der Waals surface area contributed by atoms with Crippen molar-refractivity contribution in [1.29, 1.82) is 0 Å². The van der Waals surface area contributed by atoms with E-state index in [9.17, 15) is 8.42 Å². The van der Waals surface area contributed by atoms with Crippen LogP contribution in [-0.4, -0.2) is 19.6 Å². The van der Waals surface area contributed by atoms with Crippen molar-refractivity contribution in [3.63, 3.8) is 0 Å². The first-order valence-electron chi connectivity index (χ1n) is 6.91. The van der Waals surface area contributed by atoms with Crippen LogP contribution in [0.25, 0.3) is 0 Å². The van der Waals surface area contributed by atoms with Gasteiger partial charge in [0.25, 0.3) is 0 Å². The van der Waals surface area contributed by atoms with E-state index >= 15 is 0 Å². The Morgan fingerprint density at radius 1 is 1.30 bits per heavy atom. The summed E-state index contributed by atoms with van der Waals surface area (Å²) < 4.78 is 27.8. The van der Waals surface area contributed by atoms with Crippen molar-refractivity contribution >= 4 is 21.6 Å². The Kier molecular flexibility index (Phi) is 3.79. The van der Waals surface area contributed by atoms with Gasteiger partial charge in [0.2, 0.25) is 10.0 Å². The first kappa shape index (κ1) is 14.3. The lowest BCUT2D eigenvalue weighted by atomic mass is 9.96. The fraction of sp³-hybridized carbons (Fsp3) is 0.571. The maximum atomic E-state index is 12.5. The largest absolute Gasteiger partial charge is 0.392 e. The van der Waals surface area contributed by atoms with Gasteiger partial charge in [-0.25, -0.2) is 13.1 Å². The molecule has 0 saturated heterocycles. The maximum absolute atomic E-state index is 12.5. The van der Waals surface area contributed by atoms with Gasteiger partial charge in [-0.05, 0) is 48.8 Å². The van der Waals surface area contributed by atoms with E-state index in [1.807, 2.05) is 0 Å². The predicted octanol–water partition coefficient (Wildman–Crippen LogP) is 2.30. The van der Waals surface area contributed by atoms with Gasteiger partial charge in [-0.2, -0.15) is 0 Å². The summed E-state index contributed by atoms with van der Waals surface area (Å²) in [5, 5.41) is 9.32. The molecule has 0 radical (unpaired) electrons. The van der Waals surface area contributed by atoms with Crippen LogP contribution in [0.2, 0.25) is 5.02 Å². The number of hydrogen-bond donors (Lipinski definition) is 2. The summed E-state index contributed by atoms with van der Waals surface area (Å²) in [5.41, 5.74) is 0.544. The van der Waals surface area contributed by atoms with E-state index in [0.717, 1.165) is 19.3 Å². The zero-order valence-corrected chi connectivity index (χ0v) is 12.6. The molecule has 1 aromatic carbocycles. The summed E-state index contributed by atoms with van der Waals surface area (Å²) in [5.74, 6) is 1.14. The Labute approximate surface area is 124 Å². The highest BCUT2D eigenvalue weighted by atomic mass is 35.5. The molecule has 2 bridgehead atoms. The molecule has 2 aliphatic rings. The smallest absolute Gasteiger partial charge is 0.242 e. The predicted molar refractivity (Wildman–Crippen MR) is 76.9 cm³/mol. The summed E-state index contributed by atoms with van der Waals surface area (Å²) in [6, 6.07) is 4.62. The van der Waals surface area contributed by atoms with Crippen LogP contribution in [0.5, 0.6) is 0 Å². The second-order valence-corrected chi connectivity index (χ2v) is 7.92. The highest BCUT2D eigenvalue weighted by Crippen LogP contribution is 2.45. The molecule has 3 unspecified atom stereocenters. The van der Waals surface area contributed by atoms with E-state index in [1.165, 1.54) is 18.6 Å². The van der Waals surface area contributed by atoms with Gasteiger partial charge in [0.05, 0.1) is 11.6 Å². The molecular formula is C14H18ClNO3S. The Morgan fingerprint density at radius 3 is 2.70 bits per heavy atom. The molecule has 3 atom stereocenters. The van der Waals surface area contributed by atoms with Crippen LogP contribution in [-0.2, 0) is 16.6 Å². The molecule has 20 heavy (non-hydrogen) atoms. The lowest BCUT2D eigenvalue weighted by Crippen LogP contribution is -2.38. The average molecular weight is 316 g/mol. The molecule has 1 aromatic rings. The van der Waals surface area contributed by atoms with Gasteiger partial charge in [-0.1, -0.05) is 24.1 Å². The molecule has 2 N–H and O–H groups in total. The fourth-order valence-electron chi connectivity index (χ4n) is 3.50. The lowest BCUT2D eigenvalue weighted by Gasteiger charge is -2.23. The molecule has 2 fully saturated rings. The lowest BCUT2D eigenvalue weighted by molar-refractivity contribution is 0.281. The van der Waals surface area contributed by atoms with E-state index in [2.05, 4.69) is 4.72 Å². The van der Waals surface area contributed by atoms with Gasteiger partial charge >= 0.3 is 0 Å². The Morgan fingerprint density at radius 2 is 2.10 bits per heavy atom. The number of aliphatic hydroxyl groups is 1. The number of rotatable bonds is 4. The van der Waals surface area contributed by atoms with Crippen molar-refractivity contribution in [2.24, 2.45) is 11.8 Å². The Balaban J connectivity index is 1.84. The minimum atomic E-state index is -3.62. The first-order chi connectivity index (χ1) is 9.49. The van der Waals surface area contributed by atoms with Gasteiger partial charge < -0.3 is 5.11 Å². The van der Waals surface area contributed by atoms with Crippen LogP contribution in [0.3, 0.4) is 0 Å². The molecule has 0 amide bonds. The molecule has 2 aliphatic carbocycles. The number of sulfonamides is 1. The van der Waals surface area contributed by atoms with E-state index < -0.39 is 10.0 Å². The van der Waals surface area contributed by atoms with Crippen LogP contribution in [0.1, 0.15) is 31.2 Å². The molecule has 0 spiro atoms. The summed E-state index contributed by atoms with van der Waals surface area (Å²) in [6.45, 7) is -0.201. The number of fused-ring (bicyclic) bond motifs is 2. The van der Waals surface area contributed by atoms with Crippen molar-refractivity contribution in [2.45, 2.75) is 43.2 Å².